The molecule has 42 heavy (non-hydrogen) atoms. The number of hydrogen-bond acceptors (Lipinski definition) is 9. The highest BCUT2D eigenvalue weighted by molar-refractivity contribution is 7.89. The summed E-state index contributed by atoms with van der Waals surface area (Å²) in [6.07, 6.45) is 1.85. The van der Waals surface area contributed by atoms with Gasteiger partial charge in [-0.15, -0.1) is 0 Å². The maximum absolute atomic E-state index is 14.2. The molecule has 5 rings (SSSR count). The first-order chi connectivity index (χ1) is 20.3. The minimum Gasteiger partial charge on any atom is -0.451 e. The van der Waals surface area contributed by atoms with Crippen molar-refractivity contribution in [2.24, 2.45) is 0 Å². The smallest absolute Gasteiger partial charge is 0.287 e. The van der Waals surface area contributed by atoms with Gasteiger partial charge in [-0.1, -0.05) is 54.6 Å². The van der Waals surface area contributed by atoms with Crippen molar-refractivity contribution in [1.82, 2.24) is 19.9 Å². The van der Waals surface area contributed by atoms with Crippen LogP contribution < -0.4 is 10.6 Å². The summed E-state index contributed by atoms with van der Waals surface area (Å²) in [5.74, 6) is -2.28. The van der Waals surface area contributed by atoms with Gasteiger partial charge in [0.05, 0.1) is 19.8 Å². The maximum atomic E-state index is 14.2. The molecule has 218 valence electrons. The van der Waals surface area contributed by atoms with E-state index in [-0.39, 0.29) is 31.9 Å². The molecule has 2 N–H and O–H groups in total. The number of carbonyl (C=O) groups is 3. The predicted octanol–water partition coefficient (Wildman–Crippen LogP) is 2.68. The molecule has 0 radical (unpaired) electrons. The monoisotopic (exact) mass is 590 g/mol. The van der Waals surface area contributed by atoms with E-state index in [1.807, 2.05) is 30.3 Å². The fourth-order valence-electron chi connectivity index (χ4n) is 4.72. The van der Waals surface area contributed by atoms with Crippen molar-refractivity contribution in [3.8, 4) is 0 Å². The number of hydrogen-bond donors (Lipinski definition) is 2. The zero-order chi connectivity index (χ0) is 29.5. The molecule has 4 aromatic rings. The second kappa shape index (κ2) is 13.1. The number of benzene rings is 2. The molecular weight excluding hydrogens is 560 g/mol. The largest absolute Gasteiger partial charge is 0.451 e. The number of fused-ring (bicyclic) bond motifs is 1. The molecular formula is C30H30N4O7S. The van der Waals surface area contributed by atoms with Gasteiger partial charge < -0.3 is 19.8 Å². The van der Waals surface area contributed by atoms with Crippen molar-refractivity contribution in [2.45, 2.75) is 36.6 Å². The van der Waals surface area contributed by atoms with E-state index in [1.165, 1.54) is 24.4 Å². The Morgan fingerprint density at radius 2 is 1.83 bits per heavy atom. The molecule has 2 aromatic heterocycles. The van der Waals surface area contributed by atoms with Gasteiger partial charge in [-0.2, -0.15) is 8.42 Å². The summed E-state index contributed by atoms with van der Waals surface area (Å²) in [5, 5.41) is 5.84. The number of ether oxygens (including phenoxy) is 1. The molecule has 0 spiro atoms. The normalized spacial score (nSPS) is 16.5. The van der Waals surface area contributed by atoms with E-state index in [9.17, 15) is 22.8 Å². The van der Waals surface area contributed by atoms with E-state index in [2.05, 4.69) is 15.6 Å². The summed E-state index contributed by atoms with van der Waals surface area (Å²) in [6, 6.07) is 19.2. The molecule has 11 nitrogen and oxygen atoms in total. The third-order valence-corrected chi connectivity index (χ3v) is 8.53. The van der Waals surface area contributed by atoms with Gasteiger partial charge in [0.25, 0.3) is 21.8 Å². The Kier molecular flexibility index (Phi) is 9.06. The number of carbonyl (C=O) groups excluding carboxylic acids is 3. The number of pyridine rings is 1. The number of ketones is 1. The van der Waals surface area contributed by atoms with E-state index in [4.69, 9.17) is 9.15 Å². The zero-order valence-corrected chi connectivity index (χ0v) is 23.5. The summed E-state index contributed by atoms with van der Waals surface area (Å²) in [6.45, 7) is 0.116. The lowest BCUT2D eigenvalue weighted by Gasteiger charge is -2.32. The van der Waals surface area contributed by atoms with Gasteiger partial charge in [0, 0.05) is 11.6 Å². The lowest BCUT2D eigenvalue weighted by molar-refractivity contribution is -0.136. The lowest BCUT2D eigenvalue weighted by Crippen LogP contribution is -2.57. The quantitative estimate of drug-likeness (QED) is 0.284. The Hall–Kier alpha value is -4.39. The molecule has 12 heteroatoms. The van der Waals surface area contributed by atoms with Crippen LogP contribution in [-0.2, 0) is 31.0 Å². The fourth-order valence-corrected chi connectivity index (χ4v) is 6.29. The van der Waals surface area contributed by atoms with Gasteiger partial charge in [0.2, 0.25) is 0 Å². The van der Waals surface area contributed by atoms with Crippen molar-refractivity contribution in [2.75, 3.05) is 19.7 Å². The molecule has 0 aliphatic carbocycles. The Morgan fingerprint density at radius 3 is 2.60 bits per heavy atom. The van der Waals surface area contributed by atoms with Crippen molar-refractivity contribution in [3.05, 3.63) is 96.4 Å². The highest BCUT2D eigenvalue weighted by Gasteiger charge is 2.43. The number of rotatable bonds is 10. The maximum Gasteiger partial charge on any atom is 0.287 e. The molecule has 3 heterocycles. The average Bonchev–Trinajstić information content (AvgIpc) is 3.34. The van der Waals surface area contributed by atoms with Gasteiger partial charge in [-0.05, 0) is 49.2 Å². The number of sulfonamides is 1. The minimum absolute atomic E-state index is 0.0639. The van der Waals surface area contributed by atoms with Crippen LogP contribution in [0.3, 0.4) is 0 Å². The van der Waals surface area contributed by atoms with E-state index in [0.717, 1.165) is 5.56 Å². The van der Waals surface area contributed by atoms with E-state index < -0.39 is 44.7 Å². The Labute approximate surface area is 242 Å². The van der Waals surface area contributed by atoms with Crippen LogP contribution in [0.15, 0.2) is 94.5 Å². The van der Waals surface area contributed by atoms with Crippen LogP contribution >= 0.6 is 0 Å². The van der Waals surface area contributed by atoms with Crippen LogP contribution in [0.4, 0.5) is 0 Å². The van der Waals surface area contributed by atoms with Gasteiger partial charge in [-0.25, -0.2) is 9.29 Å². The lowest BCUT2D eigenvalue weighted by atomic mass is 10.1. The summed E-state index contributed by atoms with van der Waals surface area (Å²) in [7, 11) is -4.60. The van der Waals surface area contributed by atoms with Gasteiger partial charge >= 0.3 is 0 Å². The molecule has 2 atom stereocenters. The number of nitrogens with zero attached hydrogens (tertiary/aromatic N) is 2. The molecule has 1 aliphatic heterocycles. The topological polar surface area (TPSA) is 148 Å². The highest BCUT2D eigenvalue weighted by Crippen LogP contribution is 2.23. The number of Topliss-reactive ketones (excluding diaryl/α,β-unsaturated/α-hetero) is 1. The number of amides is 2. The minimum atomic E-state index is -4.60. The third-order valence-electron chi connectivity index (χ3n) is 6.81. The third kappa shape index (κ3) is 6.56. The molecule has 2 aromatic carbocycles. The highest BCUT2D eigenvalue weighted by atomic mass is 32.2. The first-order valence-electron chi connectivity index (χ1n) is 13.5. The van der Waals surface area contributed by atoms with Gasteiger partial charge in [0.15, 0.2) is 16.6 Å². The van der Waals surface area contributed by atoms with Crippen LogP contribution in [0.1, 0.15) is 29.0 Å². The van der Waals surface area contributed by atoms with Crippen molar-refractivity contribution < 1.29 is 32.0 Å². The molecule has 2 amide bonds. The second-order valence-electron chi connectivity index (χ2n) is 9.78. The van der Waals surface area contributed by atoms with Crippen molar-refractivity contribution in [3.63, 3.8) is 0 Å². The molecule has 0 bridgehead atoms. The van der Waals surface area contributed by atoms with E-state index in [1.54, 1.807) is 30.3 Å². The van der Waals surface area contributed by atoms with Crippen LogP contribution in [0.5, 0.6) is 0 Å². The SMILES string of the molecule is O=C(NC(COCc1ccccc1)C(=O)N([C@H]1CCCNCC1=O)S(=O)(=O)c1ccccn1)c1cc2ccccc2o1. The molecule has 1 aliphatic rings. The van der Waals surface area contributed by atoms with Gasteiger partial charge in [0.1, 0.15) is 17.7 Å². The summed E-state index contributed by atoms with van der Waals surface area (Å²) in [5.41, 5.74) is 1.29. The summed E-state index contributed by atoms with van der Waals surface area (Å²) >= 11 is 0. The van der Waals surface area contributed by atoms with E-state index >= 15 is 0 Å². The molecule has 1 unspecified atom stereocenters. The average molecular weight is 591 g/mol. The van der Waals surface area contributed by atoms with Crippen LogP contribution in [0.25, 0.3) is 11.0 Å². The Balaban J connectivity index is 1.49. The summed E-state index contributed by atoms with van der Waals surface area (Å²) < 4.78 is 39.8. The predicted molar refractivity (Wildman–Crippen MR) is 153 cm³/mol. The van der Waals surface area contributed by atoms with Crippen molar-refractivity contribution >= 4 is 38.6 Å². The standard InChI is InChI=1S/C30H30N4O7S/c35-25-18-31-15-8-12-24(25)34(42(38,39)28-14-6-7-16-32-28)30(37)23(20-40-19-21-9-2-1-3-10-21)33-29(36)27-17-22-11-4-5-13-26(22)41-27/h1-7,9-11,13-14,16-17,23-24,31H,8,12,15,18-20H2,(H,33,36)/t23?,24-/m0/s1. The number of nitrogens with one attached hydrogen (secondary N) is 2. The first-order valence-corrected chi connectivity index (χ1v) is 14.9. The number of furan rings is 1. The summed E-state index contributed by atoms with van der Waals surface area (Å²) in [4.78, 5) is 44.6. The Bertz CT molecular complexity index is 1630. The van der Waals surface area contributed by atoms with Crippen LogP contribution in [-0.4, -0.2) is 67.1 Å². The Morgan fingerprint density at radius 1 is 1.07 bits per heavy atom. The molecule has 1 fully saturated rings. The van der Waals surface area contributed by atoms with Gasteiger partial charge in [-0.3, -0.25) is 14.4 Å². The number of aromatic nitrogens is 1. The second-order valence-corrected chi connectivity index (χ2v) is 11.5. The van der Waals surface area contributed by atoms with Crippen LogP contribution in [0.2, 0.25) is 0 Å². The fraction of sp³-hybridized carbons (Fsp3) is 0.267. The zero-order valence-electron chi connectivity index (χ0n) is 22.6. The van der Waals surface area contributed by atoms with Crippen molar-refractivity contribution in [1.29, 1.82) is 0 Å². The molecule has 1 saturated heterocycles. The van der Waals surface area contributed by atoms with E-state index in [0.29, 0.717) is 28.2 Å². The van der Waals surface area contributed by atoms with Crippen LogP contribution in [0, 0.1) is 0 Å². The number of para-hydroxylation sites is 1. The first kappa shape index (κ1) is 29.1. The molecule has 0 saturated carbocycles.